The van der Waals surface area contributed by atoms with Gasteiger partial charge in [0.2, 0.25) is 5.88 Å². The number of amidine groups is 1. The normalized spacial score (nSPS) is 18.2. The summed E-state index contributed by atoms with van der Waals surface area (Å²) in [6.45, 7) is 14.4. The van der Waals surface area contributed by atoms with Crippen LogP contribution in [0, 0.1) is 0 Å². The van der Waals surface area contributed by atoms with E-state index >= 15 is 0 Å². The number of nitrogens with two attached hydrogens (primary N) is 1. The number of aliphatic imine (C=N–C) groups is 2. The molecular formula is C27H41N7O2. The molecule has 3 heterocycles. The number of methoxy groups -OCH3 is 1. The van der Waals surface area contributed by atoms with Crippen molar-refractivity contribution in [2.24, 2.45) is 15.7 Å². The second-order valence-electron chi connectivity index (χ2n) is 8.34. The highest BCUT2D eigenvalue weighted by atomic mass is 16.5. The van der Waals surface area contributed by atoms with Gasteiger partial charge < -0.3 is 30.7 Å². The first-order valence-corrected chi connectivity index (χ1v) is 12.4. The van der Waals surface area contributed by atoms with Crippen LogP contribution in [0.5, 0.6) is 5.88 Å². The molecule has 0 aromatic carbocycles. The highest BCUT2D eigenvalue weighted by Crippen LogP contribution is 2.20. The van der Waals surface area contributed by atoms with Crippen LogP contribution in [0.2, 0.25) is 0 Å². The summed E-state index contributed by atoms with van der Waals surface area (Å²) in [5.74, 6) is 1.88. The van der Waals surface area contributed by atoms with E-state index in [1.54, 1.807) is 19.4 Å². The van der Waals surface area contributed by atoms with Crippen LogP contribution < -0.4 is 21.1 Å². The number of nitrogens with one attached hydrogen (secondary N) is 2. The highest BCUT2D eigenvalue weighted by Gasteiger charge is 2.20. The first-order chi connectivity index (χ1) is 17.4. The fourth-order valence-electron chi connectivity index (χ4n) is 3.54. The molecule has 0 radical (unpaired) electrons. The summed E-state index contributed by atoms with van der Waals surface area (Å²) in [4.78, 5) is 15.9. The number of hydrogen-bond acceptors (Lipinski definition) is 8. The molecular weight excluding hydrogens is 454 g/mol. The Kier molecular flexibility index (Phi) is 12.3. The van der Waals surface area contributed by atoms with E-state index in [0.717, 1.165) is 54.4 Å². The topological polar surface area (TPSA) is 109 Å². The molecule has 2 aliphatic rings. The summed E-state index contributed by atoms with van der Waals surface area (Å²) in [5.41, 5.74) is 9.73. The molecule has 4 N–H and O–H groups in total. The number of nitrogens with zero attached hydrogens (tertiary/aromatic N) is 4. The first kappa shape index (κ1) is 28.6. The van der Waals surface area contributed by atoms with Crippen molar-refractivity contribution in [3.63, 3.8) is 0 Å². The third kappa shape index (κ3) is 9.22. The predicted molar refractivity (Wildman–Crippen MR) is 149 cm³/mol. The molecule has 1 aromatic rings. The molecule has 0 aliphatic carbocycles. The molecule has 1 atom stereocenters. The van der Waals surface area contributed by atoms with Gasteiger partial charge in [-0.15, -0.1) is 6.58 Å². The van der Waals surface area contributed by atoms with Gasteiger partial charge in [0.1, 0.15) is 5.84 Å². The minimum atomic E-state index is -0.109. The maximum atomic E-state index is 5.90. The Bertz CT molecular complexity index is 988. The summed E-state index contributed by atoms with van der Waals surface area (Å²) in [6, 6.07) is 3.65. The third-order valence-corrected chi connectivity index (χ3v) is 5.30. The fraction of sp³-hybridized carbons (Fsp3) is 0.444. The molecule has 196 valence electrons. The third-order valence-electron chi connectivity index (χ3n) is 5.30. The lowest BCUT2D eigenvalue weighted by molar-refractivity contribution is 0.0683. The summed E-state index contributed by atoms with van der Waals surface area (Å²) in [5, 5.41) is 6.58. The number of allylic oxidation sites excluding steroid dienone is 3. The zero-order valence-corrected chi connectivity index (χ0v) is 22.3. The van der Waals surface area contributed by atoms with E-state index in [1.165, 1.54) is 0 Å². The minimum Gasteiger partial charge on any atom is -0.481 e. The molecule has 1 fully saturated rings. The Labute approximate surface area is 215 Å². The van der Waals surface area contributed by atoms with Crippen molar-refractivity contribution < 1.29 is 9.47 Å². The molecule has 0 spiro atoms. The molecule has 0 bridgehead atoms. The van der Waals surface area contributed by atoms with Gasteiger partial charge in [0.05, 0.1) is 38.2 Å². The lowest BCUT2D eigenvalue weighted by Gasteiger charge is -2.30. The van der Waals surface area contributed by atoms with Crippen LogP contribution in [0.4, 0.5) is 5.69 Å². The van der Waals surface area contributed by atoms with Crippen molar-refractivity contribution in [2.45, 2.75) is 46.6 Å². The van der Waals surface area contributed by atoms with E-state index in [-0.39, 0.29) is 6.04 Å². The Morgan fingerprint density at radius 1 is 1.39 bits per heavy atom. The largest absolute Gasteiger partial charge is 0.481 e. The molecule has 0 amide bonds. The number of unbranched alkanes of at least 4 members (excludes halogenated alkanes) is 1. The number of ether oxygens (including phenoxy) is 2. The van der Waals surface area contributed by atoms with Crippen LogP contribution in [-0.4, -0.2) is 61.1 Å². The molecule has 36 heavy (non-hydrogen) atoms. The van der Waals surface area contributed by atoms with Gasteiger partial charge >= 0.3 is 0 Å². The standard InChI is InChI=1S/C24H35N7O2.C3H6/c1-5-6-7-21-20(16-27-24(25)30-21)18(3)29-22(31-10-12-33-13-11-31)14-17(2)28-19-8-9-23(32-4)26-15-19;1-3-2/h7-9,14-16,18,28H,5-6,10-13H2,1-4H3,(H3,25,27,30);3H,1H2,2H3/b17-14+,21-7-,29-22?;. The van der Waals surface area contributed by atoms with Crippen molar-refractivity contribution >= 4 is 17.5 Å². The second-order valence-corrected chi connectivity index (χ2v) is 8.34. The molecule has 1 saturated heterocycles. The highest BCUT2D eigenvalue weighted by molar-refractivity contribution is 5.94. The van der Waals surface area contributed by atoms with E-state index in [0.29, 0.717) is 25.1 Å². The maximum absolute atomic E-state index is 5.90. The monoisotopic (exact) mass is 495 g/mol. The van der Waals surface area contributed by atoms with Crippen LogP contribution in [0.25, 0.3) is 0 Å². The van der Waals surface area contributed by atoms with Crippen molar-refractivity contribution in [2.75, 3.05) is 38.7 Å². The number of pyridine rings is 1. The Morgan fingerprint density at radius 3 is 2.72 bits per heavy atom. The van der Waals surface area contributed by atoms with Gasteiger partial charge in [-0.3, -0.25) is 4.99 Å². The zero-order chi connectivity index (χ0) is 26.3. The molecule has 1 aromatic heterocycles. The van der Waals surface area contributed by atoms with E-state index in [2.05, 4.69) is 58.1 Å². The van der Waals surface area contributed by atoms with E-state index in [1.807, 2.05) is 32.2 Å². The van der Waals surface area contributed by atoms with Gasteiger partial charge in [-0.25, -0.2) is 9.98 Å². The van der Waals surface area contributed by atoms with Gasteiger partial charge in [0.15, 0.2) is 5.96 Å². The number of hydrogen-bond donors (Lipinski definition) is 3. The van der Waals surface area contributed by atoms with Crippen molar-refractivity contribution in [1.29, 1.82) is 0 Å². The number of rotatable bonds is 8. The van der Waals surface area contributed by atoms with Gasteiger partial charge in [0, 0.05) is 42.3 Å². The quantitative estimate of drug-likeness (QED) is 0.282. The van der Waals surface area contributed by atoms with Gasteiger partial charge in [-0.05, 0) is 39.3 Å². The van der Waals surface area contributed by atoms with Gasteiger partial charge in [-0.1, -0.05) is 25.5 Å². The van der Waals surface area contributed by atoms with Crippen LogP contribution in [-0.2, 0) is 4.74 Å². The predicted octanol–water partition coefficient (Wildman–Crippen LogP) is 4.20. The van der Waals surface area contributed by atoms with Gasteiger partial charge in [0.25, 0.3) is 0 Å². The summed E-state index contributed by atoms with van der Waals surface area (Å²) in [7, 11) is 1.60. The van der Waals surface area contributed by atoms with E-state index in [4.69, 9.17) is 20.2 Å². The molecule has 3 rings (SSSR count). The zero-order valence-electron chi connectivity index (χ0n) is 22.3. The van der Waals surface area contributed by atoms with E-state index in [9.17, 15) is 0 Å². The lowest BCUT2D eigenvalue weighted by atomic mass is 10.0. The number of aromatic nitrogens is 1. The smallest absolute Gasteiger partial charge is 0.213 e. The number of anilines is 1. The maximum Gasteiger partial charge on any atom is 0.213 e. The fourth-order valence-corrected chi connectivity index (χ4v) is 3.54. The molecule has 9 heteroatoms. The summed E-state index contributed by atoms with van der Waals surface area (Å²) < 4.78 is 10.7. The summed E-state index contributed by atoms with van der Waals surface area (Å²) in [6.07, 6.45) is 11.5. The van der Waals surface area contributed by atoms with Crippen molar-refractivity contribution in [3.8, 4) is 5.88 Å². The summed E-state index contributed by atoms with van der Waals surface area (Å²) >= 11 is 0. The van der Waals surface area contributed by atoms with Crippen molar-refractivity contribution in [1.82, 2.24) is 15.2 Å². The van der Waals surface area contributed by atoms with Crippen LogP contribution in [0.1, 0.15) is 40.5 Å². The Morgan fingerprint density at radius 2 is 2.11 bits per heavy atom. The average molecular weight is 496 g/mol. The van der Waals surface area contributed by atoms with E-state index < -0.39 is 0 Å². The van der Waals surface area contributed by atoms with Crippen LogP contribution >= 0.6 is 0 Å². The molecule has 9 nitrogen and oxygen atoms in total. The van der Waals surface area contributed by atoms with Crippen LogP contribution in [0.3, 0.4) is 0 Å². The minimum absolute atomic E-state index is 0.109. The van der Waals surface area contributed by atoms with Gasteiger partial charge in [-0.2, -0.15) is 0 Å². The number of morpholine rings is 1. The van der Waals surface area contributed by atoms with Crippen LogP contribution in [0.15, 0.2) is 76.3 Å². The van der Waals surface area contributed by atoms with Crippen molar-refractivity contribution in [3.05, 3.63) is 66.3 Å². The SMILES string of the molecule is C=CC.CCC/C=C1\NC(N)=NC=C1C(C)N=C(/C=C(\C)Nc1ccc(OC)nc1)N1CCOCC1. The first-order valence-electron chi connectivity index (χ1n) is 12.4. The molecule has 2 aliphatic heterocycles. The Balaban J connectivity index is 0.00000145. The molecule has 0 saturated carbocycles. The second kappa shape index (κ2) is 15.4. The molecule has 1 unspecified atom stereocenters. The number of guanidine groups is 1. The lowest BCUT2D eigenvalue weighted by Crippen LogP contribution is -2.41. The average Bonchev–Trinajstić information content (AvgIpc) is 2.88. The Hall–Kier alpha value is -3.59.